The van der Waals surface area contributed by atoms with Crippen LogP contribution in [0.5, 0.6) is 0 Å². The summed E-state index contributed by atoms with van der Waals surface area (Å²) in [7, 11) is 2.05. The van der Waals surface area contributed by atoms with Crippen LogP contribution in [0, 0.1) is 0 Å². The molecule has 1 N–H and O–H groups in total. The molecule has 82 valence electrons. The van der Waals surface area contributed by atoms with Crippen molar-refractivity contribution in [3.05, 3.63) is 24.3 Å². The molecule has 15 heavy (non-hydrogen) atoms. The van der Waals surface area contributed by atoms with Crippen molar-refractivity contribution in [2.45, 2.75) is 12.1 Å². The lowest BCUT2D eigenvalue weighted by atomic mass is 10.1. The first kappa shape index (κ1) is 10.9. The van der Waals surface area contributed by atoms with E-state index in [4.69, 9.17) is 0 Å². The molecule has 0 amide bonds. The third-order valence-electron chi connectivity index (χ3n) is 2.69. The molecule has 0 aromatic carbocycles. The van der Waals surface area contributed by atoms with Crippen LogP contribution in [0.25, 0.3) is 0 Å². The van der Waals surface area contributed by atoms with E-state index in [9.17, 15) is 5.11 Å². The molecular weight excluding hydrogens is 210 g/mol. The van der Waals surface area contributed by atoms with Gasteiger partial charge in [-0.25, -0.2) is 0 Å². The SMILES string of the molecule is CN1CCSCC1C(O)c1cnccn1. The second-order valence-electron chi connectivity index (χ2n) is 3.70. The van der Waals surface area contributed by atoms with Crippen LogP contribution in [0.1, 0.15) is 11.8 Å². The van der Waals surface area contributed by atoms with E-state index in [1.807, 2.05) is 18.8 Å². The maximum Gasteiger partial charge on any atom is 0.114 e. The molecule has 0 aliphatic carbocycles. The van der Waals surface area contributed by atoms with Gasteiger partial charge in [-0.3, -0.25) is 14.9 Å². The number of rotatable bonds is 2. The van der Waals surface area contributed by atoms with Gasteiger partial charge in [0.25, 0.3) is 0 Å². The van der Waals surface area contributed by atoms with E-state index >= 15 is 0 Å². The summed E-state index contributed by atoms with van der Waals surface area (Å²) in [5.41, 5.74) is 0.664. The van der Waals surface area contributed by atoms with Crippen LogP contribution in [0.15, 0.2) is 18.6 Å². The van der Waals surface area contributed by atoms with Gasteiger partial charge in [0.15, 0.2) is 0 Å². The summed E-state index contributed by atoms with van der Waals surface area (Å²) < 4.78 is 0. The molecule has 4 nitrogen and oxygen atoms in total. The standard InChI is InChI=1S/C10H15N3OS/c1-13-4-5-15-7-9(13)10(14)8-6-11-2-3-12-8/h2-3,6,9-10,14H,4-5,7H2,1H3. The largest absolute Gasteiger partial charge is 0.385 e. The van der Waals surface area contributed by atoms with Gasteiger partial charge in [0.05, 0.1) is 17.9 Å². The number of aromatic nitrogens is 2. The highest BCUT2D eigenvalue weighted by Crippen LogP contribution is 2.24. The average molecular weight is 225 g/mol. The van der Waals surface area contributed by atoms with Crippen molar-refractivity contribution in [2.24, 2.45) is 0 Å². The van der Waals surface area contributed by atoms with Crippen molar-refractivity contribution in [2.75, 3.05) is 25.1 Å². The first-order valence-corrected chi connectivity index (χ1v) is 6.16. The van der Waals surface area contributed by atoms with E-state index in [2.05, 4.69) is 14.9 Å². The summed E-state index contributed by atoms with van der Waals surface area (Å²) >= 11 is 1.88. The zero-order valence-corrected chi connectivity index (χ0v) is 9.52. The number of thioether (sulfide) groups is 1. The Balaban J connectivity index is 2.09. The van der Waals surface area contributed by atoms with Crippen LogP contribution in [0.3, 0.4) is 0 Å². The number of hydrogen-bond donors (Lipinski definition) is 1. The summed E-state index contributed by atoms with van der Waals surface area (Å²) in [6.07, 6.45) is 4.35. The number of aliphatic hydroxyl groups excluding tert-OH is 1. The second-order valence-corrected chi connectivity index (χ2v) is 4.85. The first-order valence-electron chi connectivity index (χ1n) is 5.01. The van der Waals surface area contributed by atoms with Gasteiger partial charge >= 0.3 is 0 Å². The lowest BCUT2D eigenvalue weighted by Crippen LogP contribution is -2.43. The van der Waals surface area contributed by atoms with Gasteiger partial charge in [-0.05, 0) is 7.05 Å². The monoisotopic (exact) mass is 225 g/mol. The number of nitrogens with zero attached hydrogens (tertiary/aromatic N) is 3. The van der Waals surface area contributed by atoms with Gasteiger partial charge < -0.3 is 5.11 Å². The molecule has 2 heterocycles. The van der Waals surface area contributed by atoms with Crippen LogP contribution < -0.4 is 0 Å². The van der Waals surface area contributed by atoms with Crippen molar-refractivity contribution in [3.63, 3.8) is 0 Å². The van der Waals surface area contributed by atoms with Gasteiger partial charge in [0, 0.05) is 30.4 Å². The maximum atomic E-state index is 10.2. The van der Waals surface area contributed by atoms with E-state index in [0.717, 1.165) is 18.1 Å². The average Bonchev–Trinajstić information content (AvgIpc) is 2.30. The van der Waals surface area contributed by atoms with Gasteiger partial charge in [0.2, 0.25) is 0 Å². The first-order chi connectivity index (χ1) is 7.29. The minimum Gasteiger partial charge on any atom is -0.385 e. The van der Waals surface area contributed by atoms with E-state index in [0.29, 0.717) is 5.69 Å². The molecule has 0 radical (unpaired) electrons. The lowest BCUT2D eigenvalue weighted by molar-refractivity contribution is 0.0723. The van der Waals surface area contributed by atoms with Crippen molar-refractivity contribution in [1.82, 2.24) is 14.9 Å². The Kier molecular flexibility index (Phi) is 3.56. The third-order valence-corrected chi connectivity index (χ3v) is 3.74. The molecule has 5 heteroatoms. The van der Waals surface area contributed by atoms with Crippen molar-refractivity contribution in [3.8, 4) is 0 Å². The van der Waals surface area contributed by atoms with Gasteiger partial charge in [-0.2, -0.15) is 11.8 Å². The Labute approximate surface area is 93.7 Å². The fourth-order valence-electron chi connectivity index (χ4n) is 1.70. The summed E-state index contributed by atoms with van der Waals surface area (Å²) in [6.45, 7) is 1.02. The number of hydrogen-bond acceptors (Lipinski definition) is 5. The van der Waals surface area contributed by atoms with Crippen molar-refractivity contribution < 1.29 is 5.11 Å². The molecule has 1 aromatic heterocycles. The minimum absolute atomic E-state index is 0.153. The van der Waals surface area contributed by atoms with Crippen molar-refractivity contribution >= 4 is 11.8 Å². The molecule has 1 aromatic rings. The quantitative estimate of drug-likeness (QED) is 0.797. The molecule has 1 saturated heterocycles. The molecule has 1 aliphatic rings. The van der Waals surface area contributed by atoms with E-state index in [1.54, 1.807) is 18.6 Å². The smallest absolute Gasteiger partial charge is 0.114 e. The highest BCUT2D eigenvalue weighted by atomic mass is 32.2. The molecule has 1 aliphatic heterocycles. The molecule has 2 rings (SSSR count). The van der Waals surface area contributed by atoms with Crippen LogP contribution in [0.2, 0.25) is 0 Å². The summed E-state index contributed by atoms with van der Waals surface area (Å²) in [5.74, 6) is 2.09. The lowest BCUT2D eigenvalue weighted by Gasteiger charge is -2.34. The van der Waals surface area contributed by atoms with Gasteiger partial charge in [-0.1, -0.05) is 0 Å². The number of aliphatic hydroxyl groups is 1. The molecular formula is C10H15N3OS. The normalized spacial score (nSPS) is 25.1. The fraction of sp³-hybridized carbons (Fsp3) is 0.600. The van der Waals surface area contributed by atoms with Crippen LogP contribution >= 0.6 is 11.8 Å². The zero-order valence-electron chi connectivity index (χ0n) is 8.71. The van der Waals surface area contributed by atoms with Gasteiger partial charge in [-0.15, -0.1) is 0 Å². The Morgan fingerprint density at radius 3 is 3.13 bits per heavy atom. The van der Waals surface area contributed by atoms with E-state index in [-0.39, 0.29) is 6.04 Å². The highest BCUT2D eigenvalue weighted by Gasteiger charge is 2.28. The molecule has 2 atom stereocenters. The Hall–Kier alpha value is -0.650. The van der Waals surface area contributed by atoms with Crippen LogP contribution in [-0.2, 0) is 0 Å². The highest BCUT2D eigenvalue weighted by molar-refractivity contribution is 7.99. The van der Waals surface area contributed by atoms with Gasteiger partial charge in [0.1, 0.15) is 6.10 Å². The Bertz CT molecular complexity index is 309. The Morgan fingerprint density at radius 1 is 1.60 bits per heavy atom. The Morgan fingerprint density at radius 2 is 2.47 bits per heavy atom. The van der Waals surface area contributed by atoms with E-state index < -0.39 is 6.10 Å². The topological polar surface area (TPSA) is 49.2 Å². The molecule has 1 fully saturated rings. The zero-order chi connectivity index (χ0) is 10.7. The fourth-order valence-corrected chi connectivity index (χ4v) is 2.96. The maximum absolute atomic E-state index is 10.2. The second kappa shape index (κ2) is 4.92. The molecule has 0 saturated carbocycles. The predicted octanol–water partition coefficient (Wildman–Crippen LogP) is 0.557. The van der Waals surface area contributed by atoms with Crippen molar-refractivity contribution in [1.29, 1.82) is 0 Å². The molecule has 0 bridgehead atoms. The third kappa shape index (κ3) is 2.48. The number of likely N-dealkylation sites (N-methyl/N-ethyl adjacent to an activating group) is 1. The summed E-state index contributed by atoms with van der Waals surface area (Å²) in [6, 6.07) is 0.153. The summed E-state index contributed by atoms with van der Waals surface area (Å²) in [4.78, 5) is 10.3. The van der Waals surface area contributed by atoms with Crippen LogP contribution in [0.4, 0.5) is 0 Å². The molecule has 0 spiro atoms. The predicted molar refractivity (Wildman–Crippen MR) is 60.7 cm³/mol. The van der Waals surface area contributed by atoms with Crippen LogP contribution in [-0.4, -0.2) is 51.1 Å². The molecule has 2 unspecified atom stereocenters. The minimum atomic E-state index is -0.531. The van der Waals surface area contributed by atoms with E-state index in [1.165, 1.54) is 0 Å². The summed E-state index contributed by atoms with van der Waals surface area (Å²) in [5, 5.41) is 10.2.